The van der Waals surface area contributed by atoms with Crippen LogP contribution in [-0.2, 0) is 0 Å². The van der Waals surface area contributed by atoms with Crippen molar-refractivity contribution < 1.29 is 0 Å². The van der Waals surface area contributed by atoms with Gasteiger partial charge in [0.15, 0.2) is 0 Å². The third-order valence-corrected chi connectivity index (χ3v) is 4.45. The van der Waals surface area contributed by atoms with Gasteiger partial charge in [-0.3, -0.25) is 4.90 Å². The zero-order valence-electron chi connectivity index (χ0n) is 11.0. The van der Waals surface area contributed by atoms with Crippen molar-refractivity contribution in [3.8, 4) is 0 Å². The molecule has 19 heavy (non-hydrogen) atoms. The van der Waals surface area contributed by atoms with Crippen molar-refractivity contribution in [2.75, 3.05) is 30.8 Å². The average molecular weight is 255 g/mol. The van der Waals surface area contributed by atoms with Crippen LogP contribution in [-0.4, -0.2) is 47.1 Å². The molecule has 98 valence electrons. The zero-order valence-corrected chi connectivity index (χ0v) is 11.0. The summed E-state index contributed by atoms with van der Waals surface area (Å²) in [4.78, 5) is 13.9. The van der Waals surface area contributed by atoms with Gasteiger partial charge in [0.05, 0.1) is 11.6 Å². The standard InChI is InChI=1S/C14H17N5/c1-18-7-6-11-12(18)8-19(11)14-16-10-5-3-2-4-9(10)13(15)17-14/h2-5,11-12H,6-8H2,1H3,(H2,15,16,17)/t11-,12-/m0/s1. The minimum Gasteiger partial charge on any atom is -0.383 e. The van der Waals surface area contributed by atoms with Crippen molar-refractivity contribution in [3.05, 3.63) is 24.3 Å². The first-order valence-corrected chi connectivity index (χ1v) is 6.73. The van der Waals surface area contributed by atoms with Crippen LogP contribution in [0.2, 0.25) is 0 Å². The van der Waals surface area contributed by atoms with Crippen molar-refractivity contribution >= 4 is 22.7 Å². The zero-order chi connectivity index (χ0) is 13.0. The quantitative estimate of drug-likeness (QED) is 0.827. The van der Waals surface area contributed by atoms with Gasteiger partial charge >= 0.3 is 0 Å². The number of benzene rings is 1. The molecule has 0 radical (unpaired) electrons. The Morgan fingerprint density at radius 3 is 2.89 bits per heavy atom. The fraction of sp³-hybridized carbons (Fsp3) is 0.429. The molecule has 1 aromatic carbocycles. The molecule has 2 aliphatic rings. The first kappa shape index (κ1) is 11.0. The molecular weight excluding hydrogens is 238 g/mol. The predicted octanol–water partition coefficient (Wildman–Crippen LogP) is 1.10. The molecule has 5 nitrogen and oxygen atoms in total. The Balaban J connectivity index is 1.73. The number of likely N-dealkylation sites (N-methyl/N-ethyl adjacent to an activating group) is 1. The van der Waals surface area contributed by atoms with Crippen LogP contribution in [0, 0.1) is 0 Å². The van der Waals surface area contributed by atoms with Crippen LogP contribution in [0.3, 0.4) is 0 Å². The minimum absolute atomic E-state index is 0.561. The van der Waals surface area contributed by atoms with E-state index in [1.54, 1.807) is 0 Å². The van der Waals surface area contributed by atoms with Crippen LogP contribution in [0.5, 0.6) is 0 Å². The van der Waals surface area contributed by atoms with E-state index in [-0.39, 0.29) is 0 Å². The van der Waals surface area contributed by atoms with Crippen molar-refractivity contribution in [1.29, 1.82) is 0 Å². The van der Waals surface area contributed by atoms with Crippen molar-refractivity contribution in [2.45, 2.75) is 18.5 Å². The molecule has 0 spiro atoms. The third kappa shape index (κ3) is 1.51. The van der Waals surface area contributed by atoms with Crippen LogP contribution >= 0.6 is 0 Å². The maximum atomic E-state index is 6.05. The van der Waals surface area contributed by atoms with Gasteiger partial charge in [0.1, 0.15) is 5.82 Å². The highest BCUT2D eigenvalue weighted by Crippen LogP contribution is 2.35. The van der Waals surface area contributed by atoms with Gasteiger partial charge in [-0.15, -0.1) is 0 Å². The van der Waals surface area contributed by atoms with E-state index < -0.39 is 0 Å². The summed E-state index contributed by atoms with van der Waals surface area (Å²) in [7, 11) is 2.19. The highest BCUT2D eigenvalue weighted by Gasteiger charge is 2.46. The van der Waals surface area contributed by atoms with E-state index in [9.17, 15) is 0 Å². The molecular formula is C14H17N5. The highest BCUT2D eigenvalue weighted by molar-refractivity contribution is 5.88. The second-order valence-corrected chi connectivity index (χ2v) is 5.48. The van der Waals surface area contributed by atoms with E-state index in [0.29, 0.717) is 17.9 Å². The summed E-state index contributed by atoms with van der Waals surface area (Å²) >= 11 is 0. The largest absolute Gasteiger partial charge is 0.383 e. The number of nitrogens with zero attached hydrogens (tertiary/aromatic N) is 4. The summed E-state index contributed by atoms with van der Waals surface area (Å²) in [5, 5.41) is 0.937. The maximum Gasteiger partial charge on any atom is 0.228 e. The molecule has 0 bridgehead atoms. The predicted molar refractivity (Wildman–Crippen MR) is 76.1 cm³/mol. The van der Waals surface area contributed by atoms with Crippen LogP contribution in [0.1, 0.15) is 6.42 Å². The number of nitrogens with two attached hydrogens (primary N) is 1. The summed E-state index contributed by atoms with van der Waals surface area (Å²) < 4.78 is 0. The van der Waals surface area contributed by atoms with Crippen molar-refractivity contribution in [2.24, 2.45) is 0 Å². The van der Waals surface area contributed by atoms with E-state index in [2.05, 4.69) is 26.8 Å². The number of rotatable bonds is 1. The van der Waals surface area contributed by atoms with Crippen LogP contribution in [0.15, 0.2) is 24.3 Å². The Bertz CT molecular complexity index is 641. The summed E-state index contributed by atoms with van der Waals surface area (Å²) in [6.07, 6.45) is 1.19. The Kier molecular flexibility index (Phi) is 2.20. The molecule has 2 aliphatic heterocycles. The van der Waals surface area contributed by atoms with Gasteiger partial charge in [-0.25, -0.2) is 4.98 Å². The van der Waals surface area contributed by atoms with E-state index in [4.69, 9.17) is 5.73 Å². The number of hydrogen-bond acceptors (Lipinski definition) is 5. The molecule has 2 N–H and O–H groups in total. The Labute approximate surface area is 112 Å². The number of fused-ring (bicyclic) bond motifs is 2. The van der Waals surface area contributed by atoms with Crippen molar-refractivity contribution in [3.63, 3.8) is 0 Å². The molecule has 0 saturated carbocycles. The fourth-order valence-electron chi connectivity index (χ4n) is 3.26. The van der Waals surface area contributed by atoms with Gasteiger partial charge in [-0.1, -0.05) is 12.1 Å². The van der Waals surface area contributed by atoms with E-state index in [0.717, 1.165) is 29.9 Å². The number of nitrogen functional groups attached to an aromatic ring is 1. The smallest absolute Gasteiger partial charge is 0.228 e. The lowest BCUT2D eigenvalue weighted by atomic mass is 9.98. The molecule has 3 heterocycles. The number of hydrogen-bond donors (Lipinski definition) is 1. The van der Waals surface area contributed by atoms with Crippen LogP contribution in [0.4, 0.5) is 11.8 Å². The van der Waals surface area contributed by atoms with E-state index in [1.807, 2.05) is 24.3 Å². The van der Waals surface area contributed by atoms with Crippen LogP contribution in [0.25, 0.3) is 10.9 Å². The van der Waals surface area contributed by atoms with Crippen molar-refractivity contribution in [1.82, 2.24) is 14.9 Å². The molecule has 2 atom stereocenters. The molecule has 0 amide bonds. The first-order chi connectivity index (χ1) is 9.24. The topological polar surface area (TPSA) is 58.3 Å². The van der Waals surface area contributed by atoms with Gasteiger partial charge in [0, 0.05) is 24.5 Å². The first-order valence-electron chi connectivity index (χ1n) is 6.73. The molecule has 0 aliphatic carbocycles. The Morgan fingerprint density at radius 2 is 2.05 bits per heavy atom. The highest BCUT2D eigenvalue weighted by atomic mass is 15.4. The monoisotopic (exact) mass is 255 g/mol. The molecule has 4 rings (SSSR count). The molecule has 1 aromatic heterocycles. The summed E-state index contributed by atoms with van der Waals surface area (Å²) in [6, 6.07) is 9.14. The Hall–Kier alpha value is -1.88. The van der Waals surface area contributed by atoms with Gasteiger partial charge in [0.25, 0.3) is 0 Å². The number of aromatic nitrogens is 2. The minimum atomic E-state index is 0.561. The normalized spacial score (nSPS) is 26.5. The average Bonchev–Trinajstić information content (AvgIpc) is 2.64. The molecule has 2 fully saturated rings. The lowest BCUT2D eigenvalue weighted by molar-refractivity contribution is 0.240. The van der Waals surface area contributed by atoms with E-state index >= 15 is 0 Å². The van der Waals surface area contributed by atoms with Gasteiger partial charge in [-0.05, 0) is 25.6 Å². The van der Waals surface area contributed by atoms with Gasteiger partial charge in [0.2, 0.25) is 5.95 Å². The van der Waals surface area contributed by atoms with Gasteiger partial charge < -0.3 is 10.6 Å². The fourth-order valence-corrected chi connectivity index (χ4v) is 3.26. The lowest BCUT2D eigenvalue weighted by Gasteiger charge is -2.46. The van der Waals surface area contributed by atoms with Crippen LogP contribution < -0.4 is 10.6 Å². The van der Waals surface area contributed by atoms with E-state index in [1.165, 1.54) is 6.42 Å². The second kappa shape index (κ2) is 3.81. The molecule has 2 saturated heterocycles. The number of anilines is 2. The third-order valence-electron chi connectivity index (χ3n) is 4.45. The second-order valence-electron chi connectivity index (χ2n) is 5.48. The number of para-hydroxylation sites is 1. The summed E-state index contributed by atoms with van der Waals surface area (Å²) in [6.45, 7) is 2.17. The number of likely N-dealkylation sites (tertiary alicyclic amines) is 1. The van der Waals surface area contributed by atoms with Gasteiger partial charge in [-0.2, -0.15) is 4.98 Å². The molecule has 5 heteroatoms. The lowest BCUT2D eigenvalue weighted by Crippen LogP contribution is -2.61. The molecule has 0 unspecified atom stereocenters. The summed E-state index contributed by atoms with van der Waals surface area (Å²) in [5.41, 5.74) is 6.98. The maximum absolute atomic E-state index is 6.05. The Morgan fingerprint density at radius 1 is 1.21 bits per heavy atom. The SMILES string of the molecule is CN1CC[C@H]2[C@@H]1CN2c1nc(N)c2ccccc2n1. The molecule has 2 aromatic rings. The summed E-state index contributed by atoms with van der Waals surface area (Å²) in [5.74, 6) is 1.36.